The molecule has 2 aromatic carbocycles. The van der Waals surface area contributed by atoms with Gasteiger partial charge in [0, 0.05) is 15.7 Å². The third-order valence-corrected chi connectivity index (χ3v) is 3.61. The van der Waals surface area contributed by atoms with Crippen LogP contribution < -0.4 is 9.62 Å². The number of urea groups is 1. The van der Waals surface area contributed by atoms with Crippen LogP contribution in [0.5, 0.6) is 0 Å². The van der Waals surface area contributed by atoms with Crippen molar-refractivity contribution in [2.45, 2.75) is 13.8 Å². The fraction of sp³-hybridized carbons (Fsp3) is 0.133. The quantitative estimate of drug-likeness (QED) is 0.695. The van der Waals surface area contributed by atoms with E-state index in [1.165, 1.54) is 0 Å². The van der Waals surface area contributed by atoms with Crippen LogP contribution in [0.4, 0.5) is 16.2 Å². The van der Waals surface area contributed by atoms with Gasteiger partial charge in [-0.05, 0) is 55.3 Å². The number of nitrogens with one attached hydrogen (secondary N) is 1. The van der Waals surface area contributed by atoms with Crippen LogP contribution in [-0.2, 0) is 0 Å². The zero-order chi connectivity index (χ0) is 15.6. The van der Waals surface area contributed by atoms with Gasteiger partial charge in [0.25, 0.3) is 0 Å². The van der Waals surface area contributed by atoms with Gasteiger partial charge in [-0.3, -0.25) is 0 Å². The highest BCUT2D eigenvalue weighted by atomic mass is 35.5. The number of halogens is 2. The first-order valence-electron chi connectivity index (χ1n) is 6.19. The van der Waals surface area contributed by atoms with Crippen molar-refractivity contribution in [2.24, 2.45) is 0 Å². The van der Waals surface area contributed by atoms with E-state index in [0.717, 1.165) is 15.4 Å². The number of nitrogens with zero attached hydrogens (tertiary/aromatic N) is 1. The molecule has 21 heavy (non-hydrogen) atoms. The third-order valence-electron chi connectivity index (χ3n) is 2.76. The van der Waals surface area contributed by atoms with Gasteiger partial charge in [0.15, 0.2) is 0 Å². The molecule has 6 heteroatoms. The van der Waals surface area contributed by atoms with E-state index in [2.05, 4.69) is 18.1 Å². The standard InChI is InChI=1S/C15H14Cl2N2OS/c1-9-3-10(2)5-13(4-9)18-15(20)19(21)14-7-11(16)6-12(17)8-14/h3-8,21H,1-2H3,(H,18,20). The predicted octanol–water partition coefficient (Wildman–Crippen LogP) is 5.49. The summed E-state index contributed by atoms with van der Waals surface area (Å²) < 4.78 is 1.16. The number of aryl methyl sites for hydroxylation is 2. The zero-order valence-corrected chi connectivity index (χ0v) is 13.9. The number of thiol groups is 1. The maximum absolute atomic E-state index is 12.2. The molecule has 110 valence electrons. The Morgan fingerprint density at radius 3 is 2.05 bits per heavy atom. The first kappa shape index (κ1) is 16.0. The SMILES string of the molecule is Cc1cc(C)cc(NC(=O)N(S)c2cc(Cl)cc(Cl)c2)c1. The summed E-state index contributed by atoms with van der Waals surface area (Å²) in [6.45, 7) is 3.94. The number of amides is 2. The fourth-order valence-electron chi connectivity index (χ4n) is 2.00. The molecule has 0 bridgehead atoms. The van der Waals surface area contributed by atoms with E-state index in [1.54, 1.807) is 18.2 Å². The van der Waals surface area contributed by atoms with Crippen LogP contribution in [0.25, 0.3) is 0 Å². The summed E-state index contributed by atoms with van der Waals surface area (Å²) in [6.07, 6.45) is 0. The largest absolute Gasteiger partial charge is 0.336 e. The molecule has 2 rings (SSSR count). The maximum Gasteiger partial charge on any atom is 0.336 e. The lowest BCUT2D eigenvalue weighted by Crippen LogP contribution is -2.26. The molecule has 0 radical (unpaired) electrons. The summed E-state index contributed by atoms with van der Waals surface area (Å²) >= 11 is 16.0. The average molecular weight is 341 g/mol. The molecule has 0 aliphatic rings. The van der Waals surface area contributed by atoms with E-state index in [4.69, 9.17) is 23.2 Å². The highest BCUT2D eigenvalue weighted by Crippen LogP contribution is 2.27. The Balaban J connectivity index is 2.19. The molecule has 0 fully saturated rings. The van der Waals surface area contributed by atoms with Crippen molar-refractivity contribution in [3.8, 4) is 0 Å². The van der Waals surface area contributed by atoms with E-state index < -0.39 is 0 Å². The van der Waals surface area contributed by atoms with Gasteiger partial charge >= 0.3 is 6.03 Å². The molecule has 0 aliphatic heterocycles. The summed E-state index contributed by atoms with van der Waals surface area (Å²) in [6, 6.07) is 10.2. The van der Waals surface area contributed by atoms with Crippen molar-refractivity contribution in [3.63, 3.8) is 0 Å². The highest BCUT2D eigenvalue weighted by Gasteiger charge is 2.14. The Morgan fingerprint density at radius 2 is 1.52 bits per heavy atom. The summed E-state index contributed by atoms with van der Waals surface area (Å²) in [7, 11) is 0. The molecule has 0 heterocycles. The number of anilines is 2. The lowest BCUT2D eigenvalue weighted by Gasteiger charge is -2.17. The number of rotatable bonds is 2. The van der Waals surface area contributed by atoms with Gasteiger partial charge < -0.3 is 5.32 Å². The number of hydrogen-bond donors (Lipinski definition) is 2. The molecule has 0 saturated heterocycles. The lowest BCUT2D eigenvalue weighted by molar-refractivity contribution is 0.260. The third kappa shape index (κ3) is 4.30. The first-order valence-corrected chi connectivity index (χ1v) is 7.35. The Hall–Kier alpha value is -1.36. The molecule has 0 aromatic heterocycles. The molecular formula is C15H14Cl2N2OS. The van der Waals surface area contributed by atoms with Crippen molar-refractivity contribution in [3.05, 3.63) is 57.6 Å². The molecule has 0 spiro atoms. The summed E-state index contributed by atoms with van der Waals surface area (Å²) in [5.74, 6) is 0. The molecule has 3 nitrogen and oxygen atoms in total. The molecule has 1 N–H and O–H groups in total. The first-order chi connectivity index (χ1) is 9.85. The minimum absolute atomic E-state index is 0.387. The topological polar surface area (TPSA) is 32.3 Å². The number of hydrogen-bond acceptors (Lipinski definition) is 2. The van der Waals surface area contributed by atoms with E-state index >= 15 is 0 Å². The average Bonchev–Trinajstić information content (AvgIpc) is 2.35. The molecule has 2 amide bonds. The predicted molar refractivity (Wildman–Crippen MR) is 92.9 cm³/mol. The second-order valence-corrected chi connectivity index (χ2v) is 6.02. The van der Waals surface area contributed by atoms with Crippen LogP contribution in [-0.4, -0.2) is 6.03 Å². The van der Waals surface area contributed by atoms with Crippen molar-refractivity contribution in [1.29, 1.82) is 0 Å². The van der Waals surface area contributed by atoms with Crippen molar-refractivity contribution in [1.82, 2.24) is 0 Å². The lowest BCUT2D eigenvalue weighted by atomic mass is 10.1. The van der Waals surface area contributed by atoms with Crippen LogP contribution in [0.15, 0.2) is 36.4 Å². The maximum atomic E-state index is 12.2. The van der Waals surface area contributed by atoms with Crippen molar-refractivity contribution >= 4 is 53.4 Å². The van der Waals surface area contributed by atoms with Gasteiger partial charge in [0.2, 0.25) is 0 Å². The van der Waals surface area contributed by atoms with Gasteiger partial charge in [-0.25, -0.2) is 9.10 Å². The second kappa shape index (κ2) is 6.60. The number of benzene rings is 2. The van der Waals surface area contributed by atoms with E-state index in [-0.39, 0.29) is 6.03 Å². The normalized spacial score (nSPS) is 10.3. The fourth-order valence-corrected chi connectivity index (χ4v) is 2.68. The Morgan fingerprint density at radius 1 is 1.00 bits per heavy atom. The highest BCUT2D eigenvalue weighted by molar-refractivity contribution is 7.82. The smallest absolute Gasteiger partial charge is 0.307 e. The van der Waals surface area contributed by atoms with Crippen LogP contribution in [0, 0.1) is 13.8 Å². The Labute approximate surface area is 139 Å². The van der Waals surface area contributed by atoms with Crippen LogP contribution >= 0.6 is 36.0 Å². The van der Waals surface area contributed by atoms with E-state index in [0.29, 0.717) is 21.4 Å². The number of carbonyl (C=O) groups is 1. The van der Waals surface area contributed by atoms with Gasteiger partial charge in [-0.1, -0.05) is 42.1 Å². The molecule has 0 atom stereocenters. The molecule has 2 aromatic rings. The van der Waals surface area contributed by atoms with Crippen molar-refractivity contribution in [2.75, 3.05) is 9.62 Å². The summed E-state index contributed by atoms with van der Waals surface area (Å²) in [4.78, 5) is 12.2. The van der Waals surface area contributed by atoms with E-state index in [9.17, 15) is 4.79 Å². The second-order valence-electron chi connectivity index (χ2n) is 4.75. The Bertz CT molecular complexity index is 651. The van der Waals surface area contributed by atoms with Crippen LogP contribution in [0.2, 0.25) is 10.0 Å². The van der Waals surface area contributed by atoms with Crippen molar-refractivity contribution < 1.29 is 4.79 Å². The van der Waals surface area contributed by atoms with Crippen LogP contribution in [0.3, 0.4) is 0 Å². The zero-order valence-electron chi connectivity index (χ0n) is 11.5. The molecule has 0 unspecified atom stereocenters. The molecular weight excluding hydrogens is 327 g/mol. The minimum atomic E-state index is -0.387. The Kier molecular flexibility index (Phi) is 5.04. The molecule has 0 saturated carbocycles. The number of carbonyl (C=O) groups excluding carboxylic acids is 1. The van der Waals surface area contributed by atoms with E-state index in [1.807, 2.05) is 32.0 Å². The summed E-state index contributed by atoms with van der Waals surface area (Å²) in [5, 5.41) is 3.67. The van der Waals surface area contributed by atoms with Crippen LogP contribution in [0.1, 0.15) is 11.1 Å². The molecule has 0 aliphatic carbocycles. The van der Waals surface area contributed by atoms with Gasteiger partial charge in [0.1, 0.15) is 0 Å². The van der Waals surface area contributed by atoms with Gasteiger partial charge in [-0.15, -0.1) is 0 Å². The monoisotopic (exact) mass is 340 g/mol. The van der Waals surface area contributed by atoms with Gasteiger partial charge in [-0.2, -0.15) is 0 Å². The minimum Gasteiger partial charge on any atom is -0.307 e. The van der Waals surface area contributed by atoms with Gasteiger partial charge in [0.05, 0.1) is 5.69 Å². The summed E-state index contributed by atoms with van der Waals surface area (Å²) in [5.41, 5.74) is 3.35.